The fourth-order valence-electron chi connectivity index (χ4n) is 4.60. The third kappa shape index (κ3) is 3.24. The van der Waals surface area contributed by atoms with E-state index in [1.165, 1.54) is 38.5 Å². The van der Waals surface area contributed by atoms with Gasteiger partial charge in [0.05, 0.1) is 5.60 Å². The zero-order valence-corrected chi connectivity index (χ0v) is 15.7. The van der Waals surface area contributed by atoms with Crippen molar-refractivity contribution in [3.63, 3.8) is 0 Å². The Kier molecular flexibility index (Phi) is 5.34. The van der Waals surface area contributed by atoms with E-state index in [0.29, 0.717) is 5.92 Å². The summed E-state index contributed by atoms with van der Waals surface area (Å²) in [6.07, 6.45) is 9.44. The summed E-state index contributed by atoms with van der Waals surface area (Å²) >= 11 is 0. The Balaban J connectivity index is 2.13. The van der Waals surface area contributed by atoms with Crippen LogP contribution < -0.4 is 0 Å². The summed E-state index contributed by atoms with van der Waals surface area (Å²) in [6.45, 7) is 13.3. The van der Waals surface area contributed by atoms with Crippen LogP contribution in [-0.4, -0.2) is 17.0 Å². The van der Waals surface area contributed by atoms with E-state index in [9.17, 15) is 5.11 Å². The van der Waals surface area contributed by atoms with E-state index < -0.39 is 6.29 Å². The van der Waals surface area contributed by atoms with Crippen molar-refractivity contribution in [1.29, 1.82) is 0 Å². The minimum absolute atomic E-state index is 0.0589. The number of hydrogen-bond acceptors (Lipinski definition) is 2. The zero-order chi connectivity index (χ0) is 16.6. The molecule has 0 aromatic rings. The van der Waals surface area contributed by atoms with E-state index in [1.807, 2.05) is 0 Å². The van der Waals surface area contributed by atoms with Crippen molar-refractivity contribution in [3.05, 3.63) is 0 Å². The van der Waals surface area contributed by atoms with E-state index in [-0.39, 0.29) is 16.4 Å². The number of fused-ring (bicyclic) bond motifs is 1. The largest absolute Gasteiger partial charge is 0.367 e. The molecule has 1 N–H and O–H groups in total. The van der Waals surface area contributed by atoms with E-state index >= 15 is 0 Å². The highest BCUT2D eigenvalue weighted by Crippen LogP contribution is 2.51. The first-order valence-corrected chi connectivity index (χ1v) is 9.50. The van der Waals surface area contributed by atoms with Gasteiger partial charge in [0, 0.05) is 5.41 Å². The van der Waals surface area contributed by atoms with Crippen molar-refractivity contribution in [3.8, 4) is 0 Å². The summed E-state index contributed by atoms with van der Waals surface area (Å²) in [5.41, 5.74) is -0.320. The van der Waals surface area contributed by atoms with E-state index in [1.54, 1.807) is 0 Å². The van der Waals surface area contributed by atoms with Crippen molar-refractivity contribution >= 4 is 0 Å². The second-order valence-corrected chi connectivity index (χ2v) is 9.29. The molecule has 2 rings (SSSR count). The predicted molar refractivity (Wildman–Crippen MR) is 92.6 cm³/mol. The fourth-order valence-corrected chi connectivity index (χ4v) is 4.60. The molecule has 0 amide bonds. The molecule has 0 aromatic carbocycles. The topological polar surface area (TPSA) is 29.5 Å². The number of rotatable bonds is 5. The minimum Gasteiger partial charge on any atom is -0.367 e. The van der Waals surface area contributed by atoms with Crippen LogP contribution in [0.2, 0.25) is 0 Å². The molecule has 0 spiro atoms. The number of aliphatic hydroxyl groups excluding tert-OH is 1. The third-order valence-corrected chi connectivity index (χ3v) is 7.57. The van der Waals surface area contributed by atoms with E-state index in [0.717, 1.165) is 18.8 Å². The van der Waals surface area contributed by atoms with Gasteiger partial charge in [-0.1, -0.05) is 66.7 Å². The van der Waals surface area contributed by atoms with Gasteiger partial charge in [0.15, 0.2) is 6.29 Å². The lowest BCUT2D eigenvalue weighted by Crippen LogP contribution is -2.53. The Morgan fingerprint density at radius 2 is 1.68 bits per heavy atom. The molecule has 130 valence electrons. The Morgan fingerprint density at radius 3 is 2.32 bits per heavy atom. The van der Waals surface area contributed by atoms with Gasteiger partial charge in [0.2, 0.25) is 0 Å². The van der Waals surface area contributed by atoms with Gasteiger partial charge in [-0.15, -0.1) is 0 Å². The lowest BCUT2D eigenvalue weighted by Gasteiger charge is -2.52. The molecule has 0 radical (unpaired) electrons. The maximum absolute atomic E-state index is 10.9. The first-order chi connectivity index (χ1) is 10.1. The van der Waals surface area contributed by atoms with Crippen LogP contribution in [0, 0.1) is 22.7 Å². The van der Waals surface area contributed by atoms with Crippen molar-refractivity contribution in [2.45, 2.75) is 105 Å². The normalized spacial score (nSPS) is 35.0. The quantitative estimate of drug-likeness (QED) is 0.676. The molecule has 2 heteroatoms. The molecule has 4 unspecified atom stereocenters. The number of aliphatic hydroxyl groups is 1. The van der Waals surface area contributed by atoms with Gasteiger partial charge in [0.1, 0.15) is 0 Å². The second kappa shape index (κ2) is 6.43. The Hall–Kier alpha value is -0.0800. The molecule has 22 heavy (non-hydrogen) atoms. The molecule has 0 heterocycles. The molecule has 2 fully saturated rings. The SMILES string of the molecule is CCC(C)(C)C(C)(C)C(O)OC1(C)CCCC2CCCCC21. The summed E-state index contributed by atoms with van der Waals surface area (Å²) in [5.74, 6) is 1.46. The van der Waals surface area contributed by atoms with Gasteiger partial charge < -0.3 is 9.84 Å². The van der Waals surface area contributed by atoms with Crippen molar-refractivity contribution in [2.24, 2.45) is 22.7 Å². The lowest BCUT2D eigenvalue weighted by molar-refractivity contribution is -0.274. The molecular weight excluding hydrogens is 272 g/mol. The van der Waals surface area contributed by atoms with Gasteiger partial charge in [-0.2, -0.15) is 0 Å². The molecule has 0 bridgehead atoms. The number of hydrogen-bond donors (Lipinski definition) is 1. The van der Waals surface area contributed by atoms with Crippen LogP contribution in [0.4, 0.5) is 0 Å². The molecule has 0 saturated heterocycles. The van der Waals surface area contributed by atoms with Gasteiger partial charge in [-0.3, -0.25) is 0 Å². The Morgan fingerprint density at radius 1 is 1.09 bits per heavy atom. The summed E-state index contributed by atoms with van der Waals surface area (Å²) in [4.78, 5) is 0. The van der Waals surface area contributed by atoms with Crippen LogP contribution in [0.1, 0.15) is 92.9 Å². The van der Waals surface area contributed by atoms with Crippen LogP contribution in [0.15, 0.2) is 0 Å². The maximum Gasteiger partial charge on any atom is 0.160 e. The molecule has 0 aliphatic heterocycles. The summed E-state index contributed by atoms with van der Waals surface area (Å²) < 4.78 is 6.46. The highest BCUT2D eigenvalue weighted by molar-refractivity contribution is 4.96. The highest BCUT2D eigenvalue weighted by Gasteiger charge is 2.49. The Labute approximate surface area is 138 Å². The number of ether oxygens (including phenoxy) is 1. The lowest BCUT2D eigenvalue weighted by atomic mass is 9.63. The molecule has 2 nitrogen and oxygen atoms in total. The molecule has 2 saturated carbocycles. The van der Waals surface area contributed by atoms with Gasteiger partial charge >= 0.3 is 0 Å². The van der Waals surface area contributed by atoms with Crippen LogP contribution in [-0.2, 0) is 4.74 Å². The summed E-state index contributed by atoms with van der Waals surface area (Å²) in [5, 5.41) is 10.9. The average Bonchev–Trinajstić information content (AvgIpc) is 2.47. The first kappa shape index (κ1) is 18.3. The van der Waals surface area contributed by atoms with Gasteiger partial charge in [-0.25, -0.2) is 0 Å². The Bertz CT molecular complexity index is 372. The molecule has 0 aromatic heterocycles. The summed E-state index contributed by atoms with van der Waals surface area (Å²) in [7, 11) is 0. The fraction of sp³-hybridized carbons (Fsp3) is 1.00. The highest BCUT2D eigenvalue weighted by atomic mass is 16.6. The molecular formula is C20H38O2. The molecule has 4 atom stereocenters. The third-order valence-electron chi connectivity index (χ3n) is 7.57. The average molecular weight is 311 g/mol. The minimum atomic E-state index is -0.687. The van der Waals surface area contributed by atoms with Crippen molar-refractivity contribution < 1.29 is 9.84 Å². The van der Waals surface area contributed by atoms with Crippen LogP contribution >= 0.6 is 0 Å². The standard InChI is InChI=1S/C20H38O2/c1-7-18(2,3)19(4,5)17(21)22-20(6)14-10-12-15-11-8-9-13-16(15)20/h15-17,21H,7-14H2,1-6H3. The monoisotopic (exact) mass is 310 g/mol. The zero-order valence-electron chi connectivity index (χ0n) is 15.7. The first-order valence-electron chi connectivity index (χ1n) is 9.50. The maximum atomic E-state index is 10.9. The van der Waals surface area contributed by atoms with E-state index in [4.69, 9.17) is 4.74 Å². The van der Waals surface area contributed by atoms with Crippen molar-refractivity contribution in [1.82, 2.24) is 0 Å². The van der Waals surface area contributed by atoms with Gasteiger partial charge in [0.25, 0.3) is 0 Å². The van der Waals surface area contributed by atoms with E-state index in [2.05, 4.69) is 41.5 Å². The smallest absolute Gasteiger partial charge is 0.160 e. The van der Waals surface area contributed by atoms with Crippen LogP contribution in [0.25, 0.3) is 0 Å². The van der Waals surface area contributed by atoms with Gasteiger partial charge in [-0.05, 0) is 43.4 Å². The summed E-state index contributed by atoms with van der Waals surface area (Å²) in [6, 6.07) is 0. The molecule has 2 aliphatic rings. The van der Waals surface area contributed by atoms with Crippen molar-refractivity contribution in [2.75, 3.05) is 0 Å². The second-order valence-electron chi connectivity index (χ2n) is 9.29. The van der Waals surface area contributed by atoms with Crippen LogP contribution in [0.3, 0.4) is 0 Å². The van der Waals surface area contributed by atoms with Crippen LogP contribution in [0.5, 0.6) is 0 Å². The molecule has 2 aliphatic carbocycles. The predicted octanol–water partition coefficient (Wildman–Crippen LogP) is 5.53.